The van der Waals surface area contributed by atoms with Crippen LogP contribution in [0.3, 0.4) is 0 Å². The second-order valence-electron chi connectivity index (χ2n) is 3.79. The molecule has 0 aromatic carbocycles. The van der Waals surface area contributed by atoms with Crippen molar-refractivity contribution in [1.29, 1.82) is 0 Å². The van der Waals surface area contributed by atoms with Gasteiger partial charge in [0.05, 0.1) is 0 Å². The van der Waals surface area contributed by atoms with Crippen molar-refractivity contribution in [2.75, 3.05) is 7.05 Å². The normalized spacial score (nSPS) is 18.3. The van der Waals surface area contributed by atoms with Crippen molar-refractivity contribution in [3.8, 4) is 0 Å². The van der Waals surface area contributed by atoms with Crippen LogP contribution in [0.1, 0.15) is 40.0 Å². The van der Waals surface area contributed by atoms with Crippen LogP contribution >= 0.6 is 0 Å². The predicted octanol–water partition coefficient (Wildman–Crippen LogP) is 2.78. The largest absolute Gasteiger partial charge is 0.375 e. The monoisotopic (exact) mass is 153 g/mol. The van der Waals surface area contributed by atoms with Gasteiger partial charge >= 0.3 is 0 Å². The highest BCUT2D eigenvalue weighted by Crippen LogP contribution is 2.28. The zero-order chi connectivity index (χ0) is 8.43. The van der Waals surface area contributed by atoms with E-state index in [1.54, 1.807) is 11.3 Å². The molecular weight excluding hydrogens is 134 g/mol. The maximum Gasteiger partial charge on any atom is 0.0227 e. The highest BCUT2D eigenvalue weighted by Gasteiger charge is 2.15. The Kier molecular flexibility index (Phi) is 2.58. The van der Waals surface area contributed by atoms with Gasteiger partial charge in [0.15, 0.2) is 0 Å². The number of nitrogens with zero attached hydrogens (tertiary/aromatic N) is 1. The van der Waals surface area contributed by atoms with Crippen LogP contribution in [0, 0.1) is 0 Å². The van der Waals surface area contributed by atoms with Crippen molar-refractivity contribution in [3.05, 3.63) is 11.3 Å². The summed E-state index contributed by atoms with van der Waals surface area (Å²) >= 11 is 0. The zero-order valence-electron chi connectivity index (χ0n) is 8.15. The molecule has 0 radical (unpaired) electrons. The van der Waals surface area contributed by atoms with Gasteiger partial charge in [-0.3, -0.25) is 0 Å². The van der Waals surface area contributed by atoms with Crippen LogP contribution in [0.15, 0.2) is 11.3 Å². The molecule has 0 bridgehead atoms. The Morgan fingerprint density at radius 2 is 1.91 bits per heavy atom. The van der Waals surface area contributed by atoms with Crippen LogP contribution in [0.2, 0.25) is 0 Å². The van der Waals surface area contributed by atoms with E-state index in [2.05, 4.69) is 32.7 Å². The standard InChI is InChI=1S/C10H19N/c1-8(2)11(4)10-7-5-6-9(10)3/h8H,5-7H2,1-4H3. The van der Waals surface area contributed by atoms with Crippen LogP contribution in [-0.2, 0) is 0 Å². The molecule has 1 aliphatic rings. The van der Waals surface area contributed by atoms with Gasteiger partial charge in [-0.1, -0.05) is 5.57 Å². The van der Waals surface area contributed by atoms with Gasteiger partial charge in [-0.2, -0.15) is 0 Å². The third kappa shape index (κ3) is 1.76. The Hall–Kier alpha value is -0.460. The maximum absolute atomic E-state index is 2.41. The first-order chi connectivity index (χ1) is 5.13. The molecule has 64 valence electrons. The van der Waals surface area contributed by atoms with Crippen LogP contribution in [-0.4, -0.2) is 18.0 Å². The Morgan fingerprint density at radius 3 is 2.27 bits per heavy atom. The van der Waals surface area contributed by atoms with Gasteiger partial charge in [0, 0.05) is 18.8 Å². The molecule has 0 saturated heterocycles. The van der Waals surface area contributed by atoms with Crippen molar-refractivity contribution in [2.24, 2.45) is 0 Å². The molecule has 0 saturated carbocycles. The predicted molar refractivity (Wildman–Crippen MR) is 49.5 cm³/mol. The molecule has 0 heterocycles. The van der Waals surface area contributed by atoms with E-state index in [1.807, 2.05) is 0 Å². The molecule has 0 N–H and O–H groups in total. The van der Waals surface area contributed by atoms with Gasteiger partial charge in [0.25, 0.3) is 0 Å². The van der Waals surface area contributed by atoms with E-state index in [1.165, 1.54) is 19.3 Å². The summed E-state index contributed by atoms with van der Waals surface area (Å²) in [5.41, 5.74) is 3.18. The number of hydrogen-bond donors (Lipinski definition) is 0. The summed E-state index contributed by atoms with van der Waals surface area (Å²) < 4.78 is 0. The second-order valence-corrected chi connectivity index (χ2v) is 3.79. The molecule has 1 heteroatoms. The summed E-state index contributed by atoms with van der Waals surface area (Å²) in [5, 5.41) is 0. The molecule has 0 amide bonds. The molecular formula is C10H19N. The summed E-state index contributed by atoms with van der Waals surface area (Å²) in [6.07, 6.45) is 3.96. The zero-order valence-corrected chi connectivity index (χ0v) is 8.15. The summed E-state index contributed by atoms with van der Waals surface area (Å²) in [6, 6.07) is 0.651. The fraction of sp³-hybridized carbons (Fsp3) is 0.800. The van der Waals surface area contributed by atoms with E-state index >= 15 is 0 Å². The van der Waals surface area contributed by atoms with Crippen LogP contribution < -0.4 is 0 Å². The minimum Gasteiger partial charge on any atom is -0.375 e. The lowest BCUT2D eigenvalue weighted by atomic mass is 10.2. The number of allylic oxidation sites excluding steroid dienone is 2. The number of rotatable bonds is 2. The van der Waals surface area contributed by atoms with Crippen LogP contribution in [0.25, 0.3) is 0 Å². The Labute approximate surface area is 70.1 Å². The molecule has 0 aromatic rings. The Morgan fingerprint density at radius 1 is 1.27 bits per heavy atom. The Bertz CT molecular complexity index is 168. The molecule has 1 nitrogen and oxygen atoms in total. The molecule has 11 heavy (non-hydrogen) atoms. The molecule has 0 aliphatic heterocycles. The van der Waals surface area contributed by atoms with Crippen molar-refractivity contribution < 1.29 is 0 Å². The maximum atomic E-state index is 2.41. The molecule has 0 fully saturated rings. The lowest BCUT2D eigenvalue weighted by molar-refractivity contribution is 0.334. The van der Waals surface area contributed by atoms with Crippen molar-refractivity contribution in [3.63, 3.8) is 0 Å². The lowest BCUT2D eigenvalue weighted by Gasteiger charge is -2.26. The quantitative estimate of drug-likeness (QED) is 0.589. The fourth-order valence-electron chi connectivity index (χ4n) is 1.67. The van der Waals surface area contributed by atoms with Gasteiger partial charge in [-0.25, -0.2) is 0 Å². The topological polar surface area (TPSA) is 3.24 Å². The Balaban J connectivity index is 2.66. The third-order valence-electron chi connectivity index (χ3n) is 2.66. The summed E-state index contributed by atoms with van der Waals surface area (Å²) in [4.78, 5) is 2.41. The van der Waals surface area contributed by atoms with E-state index in [9.17, 15) is 0 Å². The summed E-state index contributed by atoms with van der Waals surface area (Å²) in [6.45, 7) is 6.76. The fourth-order valence-corrected chi connectivity index (χ4v) is 1.67. The van der Waals surface area contributed by atoms with Gasteiger partial charge in [-0.05, 0) is 40.0 Å². The molecule has 0 aromatic heterocycles. The van der Waals surface area contributed by atoms with Gasteiger partial charge in [0.2, 0.25) is 0 Å². The molecule has 0 atom stereocenters. The summed E-state index contributed by atoms with van der Waals surface area (Å²) in [7, 11) is 2.20. The third-order valence-corrected chi connectivity index (χ3v) is 2.66. The highest BCUT2D eigenvalue weighted by molar-refractivity contribution is 5.16. The molecule has 1 rings (SSSR count). The lowest BCUT2D eigenvalue weighted by Crippen LogP contribution is -2.25. The van der Waals surface area contributed by atoms with E-state index in [0.29, 0.717) is 6.04 Å². The van der Waals surface area contributed by atoms with Crippen molar-refractivity contribution in [1.82, 2.24) is 4.90 Å². The first-order valence-electron chi connectivity index (χ1n) is 4.54. The molecule has 0 unspecified atom stereocenters. The first kappa shape index (κ1) is 8.63. The van der Waals surface area contributed by atoms with Crippen LogP contribution in [0.4, 0.5) is 0 Å². The van der Waals surface area contributed by atoms with E-state index < -0.39 is 0 Å². The van der Waals surface area contributed by atoms with Crippen LogP contribution in [0.5, 0.6) is 0 Å². The van der Waals surface area contributed by atoms with E-state index in [4.69, 9.17) is 0 Å². The molecule has 1 aliphatic carbocycles. The molecule has 0 spiro atoms. The average Bonchev–Trinajstić information content (AvgIpc) is 2.33. The van der Waals surface area contributed by atoms with E-state index in [0.717, 1.165) is 0 Å². The van der Waals surface area contributed by atoms with Gasteiger partial charge < -0.3 is 4.90 Å². The highest BCUT2D eigenvalue weighted by atomic mass is 15.1. The second kappa shape index (κ2) is 3.29. The first-order valence-corrected chi connectivity index (χ1v) is 4.54. The smallest absolute Gasteiger partial charge is 0.0227 e. The number of hydrogen-bond acceptors (Lipinski definition) is 1. The SMILES string of the molecule is CC1=C(N(C)C(C)C)CCC1. The van der Waals surface area contributed by atoms with Crippen molar-refractivity contribution in [2.45, 2.75) is 46.1 Å². The minimum atomic E-state index is 0.651. The minimum absolute atomic E-state index is 0.651. The summed E-state index contributed by atoms with van der Waals surface area (Å²) in [5.74, 6) is 0. The van der Waals surface area contributed by atoms with Gasteiger partial charge in [-0.15, -0.1) is 0 Å². The van der Waals surface area contributed by atoms with E-state index in [-0.39, 0.29) is 0 Å². The van der Waals surface area contributed by atoms with Crippen molar-refractivity contribution >= 4 is 0 Å². The van der Waals surface area contributed by atoms with Gasteiger partial charge in [0.1, 0.15) is 0 Å². The average molecular weight is 153 g/mol.